The second-order valence-corrected chi connectivity index (χ2v) is 5.34. The number of alkyl halides is 3. The van der Waals surface area contributed by atoms with Crippen molar-refractivity contribution < 1.29 is 22.7 Å². The Morgan fingerprint density at radius 3 is 2.38 bits per heavy atom. The van der Waals surface area contributed by atoms with Gasteiger partial charge in [0.1, 0.15) is 5.75 Å². The van der Waals surface area contributed by atoms with Crippen LogP contribution in [-0.4, -0.2) is 20.7 Å². The topological polar surface area (TPSA) is 69.0 Å². The number of aryl methyl sites for hydroxylation is 1. The third-order valence-corrected chi connectivity index (χ3v) is 3.36. The molecule has 2 heterocycles. The number of pyridine rings is 1. The van der Waals surface area contributed by atoms with Gasteiger partial charge in [-0.2, -0.15) is 18.3 Å². The Balaban J connectivity index is 1.65. The third-order valence-electron chi connectivity index (χ3n) is 3.36. The number of nitrogens with zero attached hydrogens (tertiary/aromatic N) is 3. The average molecular weight is 362 g/mol. The summed E-state index contributed by atoms with van der Waals surface area (Å²) in [5.74, 6) is 0.435. The van der Waals surface area contributed by atoms with Crippen LogP contribution in [0, 0.1) is 0 Å². The van der Waals surface area contributed by atoms with Gasteiger partial charge in [0.25, 0.3) is 5.91 Å². The van der Waals surface area contributed by atoms with E-state index in [4.69, 9.17) is 4.74 Å². The lowest BCUT2D eigenvalue weighted by Gasteiger charge is -2.08. The van der Waals surface area contributed by atoms with E-state index in [1.165, 1.54) is 24.3 Å². The molecule has 0 fully saturated rings. The molecular formula is C17H13F3N4O2. The fourth-order valence-electron chi connectivity index (χ4n) is 2.07. The van der Waals surface area contributed by atoms with Crippen LogP contribution in [0.15, 0.2) is 54.9 Å². The maximum Gasteiger partial charge on any atom is 0.417 e. The number of ether oxygens (including phenoxy) is 1. The lowest BCUT2D eigenvalue weighted by molar-refractivity contribution is -0.137. The fourth-order valence-corrected chi connectivity index (χ4v) is 2.07. The first-order valence-corrected chi connectivity index (χ1v) is 7.43. The number of amides is 1. The Labute approximate surface area is 146 Å². The molecule has 3 rings (SSSR count). The SMILES string of the molecule is Cn1ccc(NC(=O)c2ccc(Oc3ccc(C(F)(F)F)cn3)cc2)n1. The quantitative estimate of drug-likeness (QED) is 0.765. The molecule has 0 aliphatic rings. The van der Waals surface area contributed by atoms with Crippen molar-refractivity contribution in [2.24, 2.45) is 7.05 Å². The van der Waals surface area contributed by atoms with E-state index >= 15 is 0 Å². The molecule has 26 heavy (non-hydrogen) atoms. The normalized spacial score (nSPS) is 11.2. The molecule has 1 amide bonds. The van der Waals surface area contributed by atoms with Gasteiger partial charge in [-0.25, -0.2) is 4.98 Å². The third kappa shape index (κ3) is 4.18. The van der Waals surface area contributed by atoms with E-state index in [2.05, 4.69) is 15.4 Å². The molecule has 0 saturated heterocycles. The Hall–Kier alpha value is -3.36. The summed E-state index contributed by atoms with van der Waals surface area (Å²) >= 11 is 0. The zero-order valence-corrected chi connectivity index (χ0v) is 13.5. The van der Waals surface area contributed by atoms with Crippen LogP contribution in [0.1, 0.15) is 15.9 Å². The van der Waals surface area contributed by atoms with Crippen LogP contribution in [0.25, 0.3) is 0 Å². The molecule has 0 bridgehead atoms. The summed E-state index contributed by atoms with van der Waals surface area (Å²) in [6.45, 7) is 0. The predicted octanol–water partition coefficient (Wildman–Crippen LogP) is 3.88. The Kier molecular flexibility index (Phi) is 4.61. The summed E-state index contributed by atoms with van der Waals surface area (Å²) in [4.78, 5) is 15.7. The van der Waals surface area contributed by atoms with Gasteiger partial charge in [0.15, 0.2) is 5.82 Å². The fraction of sp³-hybridized carbons (Fsp3) is 0.118. The van der Waals surface area contributed by atoms with Gasteiger partial charge in [0, 0.05) is 37.1 Å². The number of aromatic nitrogens is 3. The average Bonchev–Trinajstić information content (AvgIpc) is 3.00. The second-order valence-electron chi connectivity index (χ2n) is 5.34. The van der Waals surface area contributed by atoms with Gasteiger partial charge in [-0.3, -0.25) is 9.48 Å². The summed E-state index contributed by atoms with van der Waals surface area (Å²) in [7, 11) is 1.73. The number of halogens is 3. The highest BCUT2D eigenvalue weighted by atomic mass is 19.4. The summed E-state index contributed by atoms with van der Waals surface area (Å²) in [5, 5.41) is 6.68. The molecule has 2 aromatic heterocycles. The molecule has 9 heteroatoms. The molecule has 0 aliphatic heterocycles. The molecule has 0 saturated carbocycles. The van der Waals surface area contributed by atoms with E-state index in [1.807, 2.05) is 0 Å². The predicted molar refractivity (Wildman–Crippen MR) is 86.9 cm³/mol. The number of nitrogens with one attached hydrogen (secondary N) is 1. The van der Waals surface area contributed by atoms with E-state index in [0.717, 1.165) is 12.1 Å². The molecule has 1 aromatic carbocycles. The highest BCUT2D eigenvalue weighted by molar-refractivity contribution is 6.03. The largest absolute Gasteiger partial charge is 0.439 e. The molecule has 0 unspecified atom stereocenters. The maximum atomic E-state index is 12.5. The summed E-state index contributed by atoms with van der Waals surface area (Å²) < 4.78 is 44.4. The summed E-state index contributed by atoms with van der Waals surface area (Å²) in [6.07, 6.45) is -2.05. The van der Waals surface area contributed by atoms with Crippen LogP contribution < -0.4 is 10.1 Å². The maximum absolute atomic E-state index is 12.5. The zero-order valence-electron chi connectivity index (χ0n) is 13.5. The number of benzene rings is 1. The van der Waals surface area contributed by atoms with Gasteiger partial charge in [-0.05, 0) is 30.3 Å². The van der Waals surface area contributed by atoms with Crippen molar-refractivity contribution >= 4 is 11.7 Å². The molecular weight excluding hydrogens is 349 g/mol. The molecule has 0 radical (unpaired) electrons. The van der Waals surface area contributed by atoms with E-state index in [1.54, 1.807) is 24.0 Å². The van der Waals surface area contributed by atoms with E-state index in [0.29, 0.717) is 23.3 Å². The van der Waals surface area contributed by atoms with Crippen LogP contribution in [0.3, 0.4) is 0 Å². The monoisotopic (exact) mass is 362 g/mol. The minimum absolute atomic E-state index is 0.0173. The molecule has 0 spiro atoms. The zero-order chi connectivity index (χ0) is 18.7. The summed E-state index contributed by atoms with van der Waals surface area (Å²) in [6, 6.07) is 9.77. The molecule has 0 aliphatic carbocycles. The van der Waals surface area contributed by atoms with Gasteiger partial charge in [0.2, 0.25) is 5.88 Å². The standard InChI is InChI=1S/C17H13F3N4O2/c1-24-9-8-14(23-24)22-16(25)11-2-5-13(6-3-11)26-15-7-4-12(10-21-15)17(18,19)20/h2-10H,1H3,(H,22,23,25). The molecule has 6 nitrogen and oxygen atoms in total. The number of hydrogen-bond donors (Lipinski definition) is 1. The first-order chi connectivity index (χ1) is 12.3. The van der Waals surface area contributed by atoms with Crippen LogP contribution in [0.2, 0.25) is 0 Å². The lowest BCUT2D eigenvalue weighted by atomic mass is 10.2. The van der Waals surface area contributed by atoms with Crippen LogP contribution in [-0.2, 0) is 13.2 Å². The van der Waals surface area contributed by atoms with Gasteiger partial charge in [0.05, 0.1) is 5.56 Å². The van der Waals surface area contributed by atoms with Gasteiger partial charge >= 0.3 is 6.18 Å². The van der Waals surface area contributed by atoms with Crippen molar-refractivity contribution in [3.8, 4) is 11.6 Å². The molecule has 134 valence electrons. The van der Waals surface area contributed by atoms with E-state index < -0.39 is 11.7 Å². The Bertz CT molecular complexity index is 903. The Morgan fingerprint density at radius 2 is 1.85 bits per heavy atom. The lowest BCUT2D eigenvalue weighted by Crippen LogP contribution is -2.12. The van der Waals surface area contributed by atoms with Crippen LogP contribution in [0.5, 0.6) is 11.6 Å². The van der Waals surface area contributed by atoms with Gasteiger partial charge in [-0.1, -0.05) is 0 Å². The highest BCUT2D eigenvalue weighted by Gasteiger charge is 2.30. The van der Waals surface area contributed by atoms with Crippen LogP contribution in [0.4, 0.5) is 19.0 Å². The van der Waals surface area contributed by atoms with E-state index in [-0.39, 0.29) is 11.8 Å². The number of carbonyl (C=O) groups is 1. The molecule has 1 N–H and O–H groups in total. The van der Waals surface area contributed by atoms with Crippen molar-refractivity contribution in [1.29, 1.82) is 0 Å². The molecule has 0 atom stereocenters. The van der Waals surface area contributed by atoms with Crippen molar-refractivity contribution in [3.05, 3.63) is 66.0 Å². The Morgan fingerprint density at radius 1 is 1.12 bits per heavy atom. The van der Waals surface area contributed by atoms with Gasteiger partial charge in [-0.15, -0.1) is 0 Å². The minimum Gasteiger partial charge on any atom is -0.439 e. The molecule has 3 aromatic rings. The number of hydrogen-bond acceptors (Lipinski definition) is 4. The first-order valence-electron chi connectivity index (χ1n) is 7.43. The number of rotatable bonds is 4. The second kappa shape index (κ2) is 6.87. The number of carbonyl (C=O) groups excluding carboxylic acids is 1. The van der Waals surface area contributed by atoms with Crippen LogP contribution >= 0.6 is 0 Å². The highest BCUT2D eigenvalue weighted by Crippen LogP contribution is 2.30. The van der Waals surface area contributed by atoms with Crippen molar-refractivity contribution in [2.75, 3.05) is 5.32 Å². The van der Waals surface area contributed by atoms with E-state index in [9.17, 15) is 18.0 Å². The van der Waals surface area contributed by atoms with Crippen molar-refractivity contribution in [3.63, 3.8) is 0 Å². The first kappa shape index (κ1) is 17.5. The van der Waals surface area contributed by atoms with Gasteiger partial charge < -0.3 is 10.1 Å². The minimum atomic E-state index is -4.45. The summed E-state index contributed by atoms with van der Waals surface area (Å²) in [5.41, 5.74) is -0.477. The number of anilines is 1. The van der Waals surface area contributed by atoms with Crippen molar-refractivity contribution in [2.45, 2.75) is 6.18 Å². The van der Waals surface area contributed by atoms with Crippen molar-refractivity contribution in [1.82, 2.24) is 14.8 Å². The smallest absolute Gasteiger partial charge is 0.417 e.